The number of unbranched alkanes of at least 4 members (excludes halogenated alkanes) is 1. The van der Waals surface area contributed by atoms with Crippen LogP contribution in [0.3, 0.4) is 0 Å². The Bertz CT molecular complexity index is 794. The minimum absolute atomic E-state index is 0.286. The molecule has 0 aromatic carbocycles. The number of nitrogens with zero attached hydrogens (tertiary/aromatic N) is 1. The monoisotopic (exact) mass is 424 g/mol. The summed E-state index contributed by atoms with van der Waals surface area (Å²) in [6.45, 7) is 7.69. The van der Waals surface area contributed by atoms with Gasteiger partial charge in [0.1, 0.15) is 6.04 Å². The second-order valence-corrected chi connectivity index (χ2v) is 9.46. The van der Waals surface area contributed by atoms with E-state index in [-0.39, 0.29) is 5.41 Å². The van der Waals surface area contributed by atoms with Gasteiger partial charge in [-0.3, -0.25) is 9.79 Å². The number of carbonyl (C=O) groups is 1. The van der Waals surface area contributed by atoms with Gasteiger partial charge in [-0.2, -0.15) is 0 Å². The topological polar surface area (TPSA) is 75.7 Å². The van der Waals surface area contributed by atoms with Crippen molar-refractivity contribution in [2.24, 2.45) is 16.1 Å². The average molecular weight is 425 g/mol. The molecule has 0 aromatic rings. The molecule has 0 aromatic heterocycles. The largest absolute Gasteiger partial charge is 0.480 e. The quantitative estimate of drug-likeness (QED) is 0.245. The Morgan fingerprint density at radius 2 is 1.97 bits per heavy atom. The van der Waals surface area contributed by atoms with Gasteiger partial charge in [-0.25, -0.2) is 0 Å². The van der Waals surface area contributed by atoms with Crippen molar-refractivity contribution in [1.29, 1.82) is 0 Å². The first-order valence-corrected chi connectivity index (χ1v) is 11.7. The zero-order valence-corrected chi connectivity index (χ0v) is 19.6. The first-order valence-electron chi connectivity index (χ1n) is 11.7. The number of aliphatic imine (C=N–C) groups is 1. The molecule has 31 heavy (non-hydrogen) atoms. The summed E-state index contributed by atoms with van der Waals surface area (Å²) in [5.41, 5.74) is 11.5. The maximum absolute atomic E-state index is 10.7. The first kappa shape index (κ1) is 25.1. The maximum atomic E-state index is 10.7. The number of nitrogens with two attached hydrogens (primary N) is 1. The molecule has 0 saturated carbocycles. The van der Waals surface area contributed by atoms with Gasteiger partial charge < -0.3 is 10.8 Å². The van der Waals surface area contributed by atoms with Gasteiger partial charge in [0.2, 0.25) is 0 Å². The Labute approximate surface area is 188 Å². The third-order valence-electron chi connectivity index (χ3n) is 6.29. The summed E-state index contributed by atoms with van der Waals surface area (Å²) in [5.74, 6) is -0.928. The fourth-order valence-electron chi connectivity index (χ4n) is 4.40. The highest BCUT2D eigenvalue weighted by Crippen LogP contribution is 2.40. The molecule has 3 N–H and O–H groups in total. The summed E-state index contributed by atoms with van der Waals surface area (Å²) in [4.78, 5) is 15.1. The third-order valence-corrected chi connectivity index (χ3v) is 6.29. The molecule has 4 heteroatoms. The van der Waals surface area contributed by atoms with Gasteiger partial charge in [-0.15, -0.1) is 0 Å². The lowest BCUT2D eigenvalue weighted by atomic mass is 9.73. The van der Waals surface area contributed by atoms with Gasteiger partial charge in [0.05, 0.1) is 0 Å². The highest BCUT2D eigenvalue weighted by molar-refractivity contribution is 5.73. The van der Waals surface area contributed by atoms with E-state index in [1.807, 2.05) is 6.21 Å². The molecule has 4 nitrogen and oxygen atoms in total. The van der Waals surface area contributed by atoms with Crippen LogP contribution in [0.15, 0.2) is 63.7 Å². The predicted molar refractivity (Wildman–Crippen MR) is 131 cm³/mol. The van der Waals surface area contributed by atoms with E-state index >= 15 is 0 Å². The minimum Gasteiger partial charge on any atom is -0.480 e. The smallest absolute Gasteiger partial charge is 0.320 e. The molecule has 0 radical (unpaired) electrons. The van der Waals surface area contributed by atoms with E-state index in [4.69, 9.17) is 10.8 Å². The average Bonchev–Trinajstić information content (AvgIpc) is 2.72. The van der Waals surface area contributed by atoms with Gasteiger partial charge in [-0.05, 0) is 92.9 Å². The number of aliphatic carboxylic acids is 1. The van der Waals surface area contributed by atoms with Crippen molar-refractivity contribution in [3.05, 3.63) is 58.7 Å². The van der Waals surface area contributed by atoms with Crippen LogP contribution in [0, 0.1) is 5.41 Å². The Hall–Kier alpha value is -2.20. The summed E-state index contributed by atoms with van der Waals surface area (Å²) >= 11 is 0. The van der Waals surface area contributed by atoms with Crippen LogP contribution in [0.2, 0.25) is 0 Å². The van der Waals surface area contributed by atoms with E-state index in [1.165, 1.54) is 48.0 Å². The van der Waals surface area contributed by atoms with Gasteiger partial charge in [0.15, 0.2) is 0 Å². The lowest BCUT2D eigenvalue weighted by molar-refractivity contribution is -0.138. The molecular formula is C27H40N2O2. The predicted octanol–water partition coefficient (Wildman–Crippen LogP) is 6.32. The molecular weight excluding hydrogens is 384 g/mol. The third kappa shape index (κ3) is 8.82. The van der Waals surface area contributed by atoms with Crippen molar-refractivity contribution in [1.82, 2.24) is 0 Å². The molecule has 2 rings (SSSR count). The fourth-order valence-corrected chi connectivity index (χ4v) is 4.40. The second kappa shape index (κ2) is 12.6. The maximum Gasteiger partial charge on any atom is 0.320 e. The fraction of sp³-hybridized carbons (Fsp3) is 0.556. The number of carboxylic acids is 1. The molecule has 0 spiro atoms. The van der Waals surface area contributed by atoms with Crippen LogP contribution in [-0.4, -0.2) is 29.9 Å². The SMILES string of the molecule is CC1=C(/C=C/C=C/C2=CC(=C\C=NCCCC[C@H](N)C(=O)O)/CCC2)C(C)(C)CCC1. The van der Waals surface area contributed by atoms with Gasteiger partial charge in [0.25, 0.3) is 0 Å². The van der Waals surface area contributed by atoms with E-state index in [9.17, 15) is 4.79 Å². The molecule has 170 valence electrons. The van der Waals surface area contributed by atoms with Crippen LogP contribution in [0.1, 0.15) is 78.6 Å². The summed E-state index contributed by atoms with van der Waals surface area (Å²) < 4.78 is 0. The molecule has 0 unspecified atom stereocenters. The van der Waals surface area contributed by atoms with E-state index in [2.05, 4.69) is 62.2 Å². The van der Waals surface area contributed by atoms with Crippen molar-refractivity contribution in [2.45, 2.75) is 84.6 Å². The summed E-state index contributed by atoms with van der Waals surface area (Å²) in [5, 5.41) is 8.77. The van der Waals surface area contributed by atoms with Crippen molar-refractivity contribution >= 4 is 12.2 Å². The number of carboxylic acid groups (broad SMARTS) is 1. The summed E-state index contributed by atoms with van der Waals surface area (Å²) in [6.07, 6.45) is 24.5. The first-order chi connectivity index (χ1) is 14.8. The van der Waals surface area contributed by atoms with E-state index in [1.54, 1.807) is 0 Å². The zero-order valence-electron chi connectivity index (χ0n) is 19.6. The minimum atomic E-state index is -0.928. The molecule has 0 saturated heterocycles. The van der Waals surface area contributed by atoms with E-state index in [0.29, 0.717) is 13.0 Å². The van der Waals surface area contributed by atoms with Crippen molar-refractivity contribution in [3.8, 4) is 0 Å². The number of hydrogen-bond acceptors (Lipinski definition) is 3. The Kier molecular flexibility index (Phi) is 10.2. The van der Waals surface area contributed by atoms with Crippen LogP contribution in [0.4, 0.5) is 0 Å². The molecule has 2 aliphatic carbocycles. The molecule has 0 aliphatic heterocycles. The zero-order chi connectivity index (χ0) is 22.7. The summed E-state index contributed by atoms with van der Waals surface area (Å²) in [7, 11) is 0. The van der Waals surface area contributed by atoms with Crippen LogP contribution >= 0.6 is 0 Å². The van der Waals surface area contributed by atoms with Crippen LogP contribution in [0.5, 0.6) is 0 Å². The Morgan fingerprint density at radius 3 is 2.71 bits per heavy atom. The lowest BCUT2D eigenvalue weighted by Gasteiger charge is -2.32. The number of hydrogen-bond donors (Lipinski definition) is 2. The van der Waals surface area contributed by atoms with Gasteiger partial charge in [-0.1, -0.05) is 49.8 Å². The molecule has 0 bridgehead atoms. The van der Waals surface area contributed by atoms with Crippen molar-refractivity contribution in [2.75, 3.05) is 6.54 Å². The van der Waals surface area contributed by atoms with E-state index in [0.717, 1.165) is 25.7 Å². The number of allylic oxidation sites excluding steroid dienone is 10. The molecule has 0 fully saturated rings. The normalized spacial score (nSPS) is 22.1. The highest BCUT2D eigenvalue weighted by atomic mass is 16.4. The molecule has 1 atom stereocenters. The standard InChI is InChI=1S/C27H40N2O2/c1-21-10-9-17-27(2,3)24(21)14-5-4-11-22-12-8-13-23(20-22)16-19-29-18-7-6-15-25(28)26(30)31/h4-5,11,14,16,19-20,25H,6-10,12-13,15,17-18,28H2,1-3H3,(H,30,31)/b11-4+,14-5+,23-16-,29-19?/t25-/m0/s1. The molecule has 0 heterocycles. The van der Waals surface area contributed by atoms with Gasteiger partial charge in [0, 0.05) is 12.8 Å². The Morgan fingerprint density at radius 1 is 1.19 bits per heavy atom. The lowest BCUT2D eigenvalue weighted by Crippen LogP contribution is -2.29. The second-order valence-electron chi connectivity index (χ2n) is 9.46. The summed E-state index contributed by atoms with van der Waals surface area (Å²) in [6, 6.07) is -0.755. The molecule has 0 amide bonds. The Balaban J connectivity index is 1.82. The van der Waals surface area contributed by atoms with Crippen LogP contribution in [0.25, 0.3) is 0 Å². The van der Waals surface area contributed by atoms with Crippen LogP contribution < -0.4 is 5.73 Å². The van der Waals surface area contributed by atoms with Gasteiger partial charge >= 0.3 is 5.97 Å². The highest BCUT2D eigenvalue weighted by Gasteiger charge is 2.26. The van der Waals surface area contributed by atoms with Crippen LogP contribution in [-0.2, 0) is 4.79 Å². The van der Waals surface area contributed by atoms with Crippen molar-refractivity contribution in [3.63, 3.8) is 0 Å². The number of rotatable bonds is 10. The van der Waals surface area contributed by atoms with Crippen molar-refractivity contribution < 1.29 is 9.90 Å². The van der Waals surface area contributed by atoms with E-state index < -0.39 is 12.0 Å². The molecule has 2 aliphatic rings.